The highest BCUT2D eigenvalue weighted by atomic mass is 32.1. The molecule has 0 radical (unpaired) electrons. The Labute approximate surface area is 162 Å². The maximum atomic E-state index is 13.3. The molecule has 0 aliphatic carbocycles. The first-order valence-electron chi connectivity index (χ1n) is 9.16. The standard InChI is InChI=1S/C20H23N3O3S/c1-14-13-16(15(2)26-14)19(24)23(8-7-22-9-11-25-12-10-22)20-21-17-5-3-4-6-18(17)27-20/h3-6,13H,7-12H2,1-2H3. The number of furan rings is 1. The third kappa shape index (κ3) is 3.90. The van der Waals surface area contributed by atoms with Gasteiger partial charge in [-0.15, -0.1) is 0 Å². The predicted molar refractivity (Wildman–Crippen MR) is 107 cm³/mol. The lowest BCUT2D eigenvalue weighted by Crippen LogP contribution is -2.43. The van der Waals surface area contributed by atoms with Crippen LogP contribution in [0.3, 0.4) is 0 Å². The van der Waals surface area contributed by atoms with Crippen LogP contribution in [0.1, 0.15) is 21.9 Å². The first-order chi connectivity index (χ1) is 13.1. The number of rotatable bonds is 5. The Morgan fingerprint density at radius 3 is 2.74 bits per heavy atom. The number of amides is 1. The van der Waals surface area contributed by atoms with E-state index in [-0.39, 0.29) is 5.91 Å². The number of anilines is 1. The summed E-state index contributed by atoms with van der Waals surface area (Å²) in [6.45, 7) is 8.35. The highest BCUT2D eigenvalue weighted by Crippen LogP contribution is 2.30. The number of aryl methyl sites for hydroxylation is 2. The first-order valence-corrected chi connectivity index (χ1v) is 9.98. The van der Waals surface area contributed by atoms with Crippen LogP contribution in [0.15, 0.2) is 34.7 Å². The van der Waals surface area contributed by atoms with Crippen molar-refractivity contribution in [2.24, 2.45) is 0 Å². The van der Waals surface area contributed by atoms with Crippen LogP contribution < -0.4 is 4.90 Å². The van der Waals surface area contributed by atoms with E-state index in [1.807, 2.05) is 44.2 Å². The monoisotopic (exact) mass is 385 g/mol. The summed E-state index contributed by atoms with van der Waals surface area (Å²) in [6.07, 6.45) is 0. The number of para-hydroxylation sites is 1. The fourth-order valence-electron chi connectivity index (χ4n) is 3.31. The van der Waals surface area contributed by atoms with Gasteiger partial charge in [-0.1, -0.05) is 23.5 Å². The Morgan fingerprint density at radius 2 is 2.04 bits per heavy atom. The molecule has 1 aromatic carbocycles. The van der Waals surface area contributed by atoms with Crippen molar-refractivity contribution in [2.75, 3.05) is 44.3 Å². The van der Waals surface area contributed by atoms with Crippen LogP contribution in [-0.4, -0.2) is 55.2 Å². The Balaban J connectivity index is 1.63. The summed E-state index contributed by atoms with van der Waals surface area (Å²) >= 11 is 1.55. The molecule has 0 N–H and O–H groups in total. The average molecular weight is 385 g/mol. The van der Waals surface area contributed by atoms with E-state index in [4.69, 9.17) is 14.1 Å². The number of carbonyl (C=O) groups is 1. The average Bonchev–Trinajstić information content (AvgIpc) is 3.25. The third-order valence-electron chi connectivity index (χ3n) is 4.77. The molecular formula is C20H23N3O3S. The second-order valence-electron chi connectivity index (χ2n) is 6.70. The van der Waals surface area contributed by atoms with E-state index < -0.39 is 0 Å². The van der Waals surface area contributed by atoms with Gasteiger partial charge in [0.05, 0.1) is 29.0 Å². The van der Waals surface area contributed by atoms with Gasteiger partial charge in [-0.3, -0.25) is 14.6 Å². The number of benzene rings is 1. The van der Waals surface area contributed by atoms with Gasteiger partial charge < -0.3 is 9.15 Å². The number of aromatic nitrogens is 1. The fourth-order valence-corrected chi connectivity index (χ4v) is 4.30. The molecule has 4 rings (SSSR count). The maximum Gasteiger partial charge on any atom is 0.263 e. The molecule has 0 bridgehead atoms. The summed E-state index contributed by atoms with van der Waals surface area (Å²) in [6, 6.07) is 9.79. The number of morpholine rings is 1. The predicted octanol–water partition coefficient (Wildman–Crippen LogP) is 3.49. The Kier molecular flexibility index (Phi) is 5.24. The van der Waals surface area contributed by atoms with Gasteiger partial charge >= 0.3 is 0 Å². The van der Waals surface area contributed by atoms with Gasteiger partial charge in [0.25, 0.3) is 5.91 Å². The molecule has 1 aliphatic rings. The number of carbonyl (C=O) groups excluding carboxylic acids is 1. The first kappa shape index (κ1) is 18.2. The van der Waals surface area contributed by atoms with Gasteiger partial charge in [-0.25, -0.2) is 4.98 Å². The van der Waals surface area contributed by atoms with Crippen molar-refractivity contribution in [3.63, 3.8) is 0 Å². The van der Waals surface area contributed by atoms with Crippen molar-refractivity contribution >= 4 is 32.6 Å². The summed E-state index contributed by atoms with van der Waals surface area (Å²) in [5, 5.41) is 0.729. The third-order valence-corrected chi connectivity index (χ3v) is 5.83. The Hall–Kier alpha value is -2.22. The fraction of sp³-hybridized carbons (Fsp3) is 0.400. The number of ether oxygens (including phenoxy) is 1. The maximum absolute atomic E-state index is 13.3. The van der Waals surface area contributed by atoms with Crippen LogP contribution >= 0.6 is 11.3 Å². The summed E-state index contributed by atoms with van der Waals surface area (Å²) in [4.78, 5) is 22.1. The summed E-state index contributed by atoms with van der Waals surface area (Å²) in [5.74, 6) is 1.33. The van der Waals surface area contributed by atoms with Crippen LogP contribution in [0.4, 0.5) is 5.13 Å². The van der Waals surface area contributed by atoms with E-state index >= 15 is 0 Å². The molecule has 6 nitrogen and oxygen atoms in total. The minimum atomic E-state index is -0.0586. The van der Waals surface area contributed by atoms with Crippen molar-refractivity contribution < 1.29 is 13.9 Å². The summed E-state index contributed by atoms with van der Waals surface area (Å²) < 4.78 is 12.1. The number of fused-ring (bicyclic) bond motifs is 1. The van der Waals surface area contributed by atoms with Crippen molar-refractivity contribution in [1.29, 1.82) is 0 Å². The highest BCUT2D eigenvalue weighted by Gasteiger charge is 2.25. The van der Waals surface area contributed by atoms with Crippen molar-refractivity contribution in [2.45, 2.75) is 13.8 Å². The van der Waals surface area contributed by atoms with Crippen molar-refractivity contribution in [1.82, 2.24) is 9.88 Å². The van der Waals surface area contributed by atoms with Gasteiger partial charge in [0.2, 0.25) is 0 Å². The van der Waals surface area contributed by atoms with E-state index in [0.29, 0.717) is 17.9 Å². The van der Waals surface area contributed by atoms with Crippen LogP contribution in [-0.2, 0) is 4.74 Å². The molecule has 1 amide bonds. The molecule has 2 aromatic heterocycles. The minimum Gasteiger partial charge on any atom is -0.466 e. The van der Waals surface area contributed by atoms with E-state index in [2.05, 4.69) is 4.90 Å². The SMILES string of the molecule is Cc1cc(C(=O)N(CCN2CCOCC2)c2nc3ccccc3s2)c(C)o1. The van der Waals surface area contributed by atoms with Crippen molar-refractivity contribution in [3.05, 3.63) is 47.4 Å². The van der Waals surface area contributed by atoms with Gasteiger partial charge in [-0.2, -0.15) is 0 Å². The van der Waals surface area contributed by atoms with E-state index in [1.54, 1.807) is 16.2 Å². The highest BCUT2D eigenvalue weighted by molar-refractivity contribution is 7.22. The molecule has 142 valence electrons. The van der Waals surface area contributed by atoms with Crippen LogP contribution in [0, 0.1) is 13.8 Å². The lowest BCUT2D eigenvalue weighted by molar-refractivity contribution is 0.0391. The molecule has 0 spiro atoms. The lowest BCUT2D eigenvalue weighted by atomic mass is 10.2. The second kappa shape index (κ2) is 7.80. The van der Waals surface area contributed by atoms with Gasteiger partial charge in [0, 0.05) is 26.2 Å². The van der Waals surface area contributed by atoms with Crippen LogP contribution in [0.2, 0.25) is 0 Å². The Morgan fingerprint density at radius 1 is 1.26 bits per heavy atom. The summed E-state index contributed by atoms with van der Waals surface area (Å²) in [5.41, 5.74) is 1.52. The van der Waals surface area contributed by atoms with Crippen molar-refractivity contribution in [3.8, 4) is 0 Å². The topological polar surface area (TPSA) is 58.8 Å². The van der Waals surface area contributed by atoms with E-state index in [9.17, 15) is 4.79 Å². The summed E-state index contributed by atoms with van der Waals surface area (Å²) in [7, 11) is 0. The molecular weight excluding hydrogens is 362 g/mol. The van der Waals surface area contributed by atoms with E-state index in [1.165, 1.54) is 0 Å². The van der Waals surface area contributed by atoms with Gasteiger partial charge in [-0.05, 0) is 32.0 Å². The Bertz CT molecular complexity index is 910. The largest absolute Gasteiger partial charge is 0.466 e. The molecule has 1 aliphatic heterocycles. The number of hydrogen-bond acceptors (Lipinski definition) is 6. The molecule has 1 fully saturated rings. The smallest absolute Gasteiger partial charge is 0.263 e. The van der Waals surface area contributed by atoms with Crippen LogP contribution in [0.25, 0.3) is 10.2 Å². The lowest BCUT2D eigenvalue weighted by Gasteiger charge is -2.29. The molecule has 7 heteroatoms. The van der Waals surface area contributed by atoms with Crippen LogP contribution in [0.5, 0.6) is 0 Å². The number of thiazole rings is 1. The van der Waals surface area contributed by atoms with E-state index in [0.717, 1.165) is 54.0 Å². The normalized spacial score (nSPS) is 15.3. The second-order valence-corrected chi connectivity index (χ2v) is 7.71. The quantitative estimate of drug-likeness (QED) is 0.673. The molecule has 0 saturated carbocycles. The molecule has 1 saturated heterocycles. The molecule has 0 unspecified atom stereocenters. The number of hydrogen-bond donors (Lipinski definition) is 0. The molecule has 3 heterocycles. The zero-order valence-corrected chi connectivity index (χ0v) is 16.4. The van der Waals surface area contributed by atoms with Gasteiger partial charge in [0.1, 0.15) is 11.5 Å². The number of nitrogens with zero attached hydrogens (tertiary/aromatic N) is 3. The molecule has 3 aromatic rings. The molecule has 27 heavy (non-hydrogen) atoms. The zero-order valence-electron chi connectivity index (χ0n) is 15.6. The minimum absolute atomic E-state index is 0.0586. The van der Waals surface area contributed by atoms with Gasteiger partial charge in [0.15, 0.2) is 5.13 Å². The zero-order chi connectivity index (χ0) is 18.8. The molecule has 0 atom stereocenters.